The van der Waals surface area contributed by atoms with Gasteiger partial charge >= 0.3 is 0 Å². The lowest BCUT2D eigenvalue weighted by Crippen LogP contribution is -2.19. The second-order valence-electron chi connectivity index (χ2n) is 8.48. The largest absolute Gasteiger partial charge is 0.360 e. The smallest absolute Gasteiger partial charge is 0.261 e. The lowest BCUT2D eigenvalue weighted by atomic mass is 10.1. The number of carbonyl (C=O) groups is 1. The molecule has 0 saturated carbocycles. The predicted octanol–water partition coefficient (Wildman–Crippen LogP) is 6.00. The number of benzene rings is 2. The van der Waals surface area contributed by atoms with Crippen molar-refractivity contribution in [1.29, 1.82) is 0 Å². The molecule has 5 rings (SSSR count). The number of nitrogens with zero attached hydrogens (tertiary/aromatic N) is 4. The van der Waals surface area contributed by atoms with Crippen LogP contribution in [0.25, 0.3) is 11.3 Å². The van der Waals surface area contributed by atoms with Crippen molar-refractivity contribution in [2.24, 2.45) is 0 Å². The molecule has 178 valence electrons. The average molecular weight is 489 g/mol. The van der Waals surface area contributed by atoms with Gasteiger partial charge in [0.05, 0.1) is 5.02 Å². The number of aryl methyl sites for hydroxylation is 2. The predicted molar refractivity (Wildman–Crippen MR) is 138 cm³/mol. The molecule has 1 fully saturated rings. The van der Waals surface area contributed by atoms with Crippen LogP contribution in [0.15, 0.2) is 59.1 Å². The summed E-state index contributed by atoms with van der Waals surface area (Å²) < 4.78 is 5.31. The van der Waals surface area contributed by atoms with Gasteiger partial charge < -0.3 is 20.1 Å². The van der Waals surface area contributed by atoms with E-state index >= 15 is 0 Å². The van der Waals surface area contributed by atoms with Crippen molar-refractivity contribution in [3.8, 4) is 11.3 Å². The lowest BCUT2D eigenvalue weighted by molar-refractivity contribution is 0.102. The summed E-state index contributed by atoms with van der Waals surface area (Å²) in [5, 5.41) is 10.7. The van der Waals surface area contributed by atoms with Crippen molar-refractivity contribution in [3.63, 3.8) is 0 Å². The van der Waals surface area contributed by atoms with Crippen LogP contribution in [0.4, 0.5) is 23.1 Å². The lowest BCUT2D eigenvalue weighted by Gasteiger charge is -2.17. The molecule has 1 aliphatic rings. The third kappa shape index (κ3) is 4.97. The van der Waals surface area contributed by atoms with Crippen molar-refractivity contribution >= 4 is 40.6 Å². The SMILES string of the molecule is Cc1cc(N2CCCC2)nc(Nc2ccc(NC(=O)c3c(-c4ccccc4Cl)noc3C)cc2)n1. The summed E-state index contributed by atoms with van der Waals surface area (Å²) in [6, 6.07) is 16.6. The number of rotatable bonds is 6. The zero-order valence-corrected chi connectivity index (χ0v) is 20.3. The fourth-order valence-electron chi connectivity index (χ4n) is 4.15. The number of nitrogens with one attached hydrogen (secondary N) is 2. The molecule has 1 saturated heterocycles. The Kier molecular flexibility index (Phi) is 6.37. The molecule has 8 nitrogen and oxygen atoms in total. The maximum atomic E-state index is 13.1. The summed E-state index contributed by atoms with van der Waals surface area (Å²) in [4.78, 5) is 24.6. The minimum Gasteiger partial charge on any atom is -0.360 e. The molecule has 2 N–H and O–H groups in total. The van der Waals surface area contributed by atoms with E-state index in [-0.39, 0.29) is 5.91 Å². The second kappa shape index (κ2) is 9.76. The Morgan fingerprint density at radius 2 is 1.71 bits per heavy atom. The van der Waals surface area contributed by atoms with Crippen LogP contribution in [0.3, 0.4) is 0 Å². The summed E-state index contributed by atoms with van der Waals surface area (Å²) in [7, 11) is 0. The second-order valence-corrected chi connectivity index (χ2v) is 8.89. The van der Waals surface area contributed by atoms with Crippen LogP contribution in [-0.4, -0.2) is 34.1 Å². The number of aromatic nitrogens is 3. The zero-order chi connectivity index (χ0) is 24.4. The quantitative estimate of drug-likeness (QED) is 0.343. The Morgan fingerprint density at radius 3 is 2.46 bits per heavy atom. The fraction of sp³-hybridized carbons (Fsp3) is 0.231. The van der Waals surface area contributed by atoms with Gasteiger partial charge in [-0.05, 0) is 57.0 Å². The highest BCUT2D eigenvalue weighted by molar-refractivity contribution is 6.33. The van der Waals surface area contributed by atoms with Gasteiger partial charge in [0.1, 0.15) is 22.8 Å². The average Bonchev–Trinajstić information content (AvgIpc) is 3.51. The summed E-state index contributed by atoms with van der Waals surface area (Å²) in [6.45, 7) is 5.71. The van der Waals surface area contributed by atoms with Gasteiger partial charge in [-0.2, -0.15) is 4.98 Å². The van der Waals surface area contributed by atoms with Gasteiger partial charge in [-0.1, -0.05) is 35.0 Å². The molecule has 2 aromatic heterocycles. The van der Waals surface area contributed by atoms with Gasteiger partial charge in [0.25, 0.3) is 5.91 Å². The molecule has 0 atom stereocenters. The van der Waals surface area contributed by atoms with Gasteiger partial charge in [0.2, 0.25) is 5.95 Å². The summed E-state index contributed by atoms with van der Waals surface area (Å²) in [5.41, 5.74) is 3.76. The van der Waals surface area contributed by atoms with Gasteiger partial charge in [0, 0.05) is 41.8 Å². The van der Waals surface area contributed by atoms with Crippen LogP contribution < -0.4 is 15.5 Å². The topological polar surface area (TPSA) is 96.2 Å². The summed E-state index contributed by atoms with van der Waals surface area (Å²) >= 11 is 6.31. The monoisotopic (exact) mass is 488 g/mol. The molecular weight excluding hydrogens is 464 g/mol. The van der Waals surface area contributed by atoms with Crippen molar-refractivity contribution in [1.82, 2.24) is 15.1 Å². The highest BCUT2D eigenvalue weighted by Gasteiger charge is 2.23. The van der Waals surface area contributed by atoms with E-state index in [1.54, 1.807) is 19.1 Å². The van der Waals surface area contributed by atoms with Crippen LogP contribution in [0.1, 0.15) is 34.7 Å². The van der Waals surface area contributed by atoms with E-state index in [9.17, 15) is 4.79 Å². The third-order valence-corrected chi connectivity index (χ3v) is 6.22. The van der Waals surface area contributed by atoms with E-state index in [0.29, 0.717) is 39.2 Å². The molecule has 1 amide bonds. The number of hydrogen-bond acceptors (Lipinski definition) is 7. The first-order valence-corrected chi connectivity index (χ1v) is 11.9. The zero-order valence-electron chi connectivity index (χ0n) is 19.5. The van der Waals surface area contributed by atoms with Crippen LogP contribution in [0.5, 0.6) is 0 Å². The molecule has 2 aromatic carbocycles. The van der Waals surface area contributed by atoms with E-state index in [1.165, 1.54) is 12.8 Å². The van der Waals surface area contributed by atoms with Crippen molar-refractivity contribution in [3.05, 3.63) is 76.6 Å². The fourth-order valence-corrected chi connectivity index (χ4v) is 4.38. The van der Waals surface area contributed by atoms with Gasteiger partial charge in [-0.3, -0.25) is 4.79 Å². The van der Waals surface area contributed by atoms with Crippen molar-refractivity contribution in [2.45, 2.75) is 26.7 Å². The Hall–Kier alpha value is -3.91. The van der Waals surface area contributed by atoms with E-state index in [2.05, 4.69) is 30.7 Å². The first-order chi connectivity index (χ1) is 17.0. The van der Waals surface area contributed by atoms with Crippen molar-refractivity contribution in [2.75, 3.05) is 28.6 Å². The van der Waals surface area contributed by atoms with Crippen LogP contribution in [-0.2, 0) is 0 Å². The Labute approximate surface area is 208 Å². The molecular formula is C26H25ClN6O2. The number of halogens is 1. The van der Waals surface area contributed by atoms with Gasteiger partial charge in [-0.25, -0.2) is 4.98 Å². The highest BCUT2D eigenvalue weighted by Crippen LogP contribution is 2.31. The first-order valence-electron chi connectivity index (χ1n) is 11.5. The summed E-state index contributed by atoms with van der Waals surface area (Å²) in [5.74, 6) is 1.59. The molecule has 0 unspecified atom stereocenters. The molecule has 0 aliphatic carbocycles. The molecule has 0 spiro atoms. The van der Waals surface area contributed by atoms with Gasteiger partial charge in [-0.15, -0.1) is 0 Å². The standard InChI is InChI=1S/C26H25ClN6O2/c1-16-15-22(33-13-5-6-14-33)31-26(28-16)30-19-11-9-18(10-12-19)29-25(34)23-17(2)35-32-24(23)20-7-3-4-8-21(20)27/h3-4,7-12,15H,5-6,13-14H2,1-2H3,(H,29,34)(H,28,30,31). The molecule has 4 aromatic rings. The first kappa shape index (κ1) is 22.9. The minimum absolute atomic E-state index is 0.323. The van der Waals surface area contributed by atoms with E-state index in [4.69, 9.17) is 16.1 Å². The van der Waals surface area contributed by atoms with E-state index < -0.39 is 0 Å². The molecule has 1 aliphatic heterocycles. The third-order valence-electron chi connectivity index (χ3n) is 5.89. The number of anilines is 4. The molecule has 35 heavy (non-hydrogen) atoms. The molecule has 0 radical (unpaired) electrons. The Balaban J connectivity index is 1.31. The van der Waals surface area contributed by atoms with E-state index in [0.717, 1.165) is 30.3 Å². The Bertz CT molecular complexity index is 1360. The minimum atomic E-state index is -0.323. The maximum absolute atomic E-state index is 13.1. The van der Waals surface area contributed by atoms with E-state index in [1.807, 2.05) is 49.4 Å². The maximum Gasteiger partial charge on any atom is 0.261 e. The normalized spacial score (nSPS) is 13.2. The highest BCUT2D eigenvalue weighted by atomic mass is 35.5. The van der Waals surface area contributed by atoms with Crippen LogP contribution >= 0.6 is 11.6 Å². The molecule has 9 heteroatoms. The number of carbonyl (C=O) groups excluding carboxylic acids is 1. The molecule has 0 bridgehead atoms. The van der Waals surface area contributed by atoms with Crippen LogP contribution in [0, 0.1) is 13.8 Å². The van der Waals surface area contributed by atoms with Crippen molar-refractivity contribution < 1.29 is 9.32 Å². The molecule has 3 heterocycles. The Morgan fingerprint density at radius 1 is 1.00 bits per heavy atom. The number of amides is 1. The van der Waals surface area contributed by atoms with Crippen LogP contribution in [0.2, 0.25) is 5.02 Å². The summed E-state index contributed by atoms with van der Waals surface area (Å²) in [6.07, 6.45) is 2.38. The van der Waals surface area contributed by atoms with Gasteiger partial charge in [0.15, 0.2) is 0 Å². The number of hydrogen-bond donors (Lipinski definition) is 2.